The van der Waals surface area contributed by atoms with Gasteiger partial charge in [0.2, 0.25) is 0 Å². The molecule has 0 saturated heterocycles. The van der Waals surface area contributed by atoms with Crippen molar-refractivity contribution in [1.29, 1.82) is 0 Å². The smallest absolute Gasteiger partial charge is 0.270 e. The molecule has 7 nitrogen and oxygen atoms in total. The van der Waals surface area contributed by atoms with Crippen LogP contribution in [0, 0.1) is 6.92 Å². The Morgan fingerprint density at radius 3 is 2.70 bits per heavy atom. The van der Waals surface area contributed by atoms with Crippen LogP contribution in [0.3, 0.4) is 0 Å². The highest BCUT2D eigenvalue weighted by Crippen LogP contribution is 2.33. The molecule has 1 N–H and O–H groups in total. The van der Waals surface area contributed by atoms with E-state index in [1.807, 2.05) is 43.3 Å². The molecular formula is C19H15N5O2S. The fourth-order valence-corrected chi connectivity index (χ4v) is 3.43. The first-order valence-electron chi connectivity index (χ1n) is 8.26. The molecule has 0 bridgehead atoms. The van der Waals surface area contributed by atoms with Crippen LogP contribution in [-0.4, -0.2) is 26.0 Å². The van der Waals surface area contributed by atoms with Crippen molar-refractivity contribution < 1.29 is 9.32 Å². The third kappa shape index (κ3) is 3.75. The van der Waals surface area contributed by atoms with Crippen molar-refractivity contribution in [3.05, 3.63) is 71.8 Å². The number of nitrogens with one attached hydrogen (secondary N) is 1. The lowest BCUT2D eigenvalue weighted by Gasteiger charge is -2.01. The Morgan fingerprint density at radius 1 is 1.11 bits per heavy atom. The van der Waals surface area contributed by atoms with E-state index in [1.165, 1.54) is 11.3 Å². The van der Waals surface area contributed by atoms with Gasteiger partial charge in [-0.15, -0.1) is 11.3 Å². The van der Waals surface area contributed by atoms with Crippen LogP contribution in [0.4, 0.5) is 0 Å². The van der Waals surface area contributed by atoms with Crippen molar-refractivity contribution in [2.24, 2.45) is 0 Å². The fourth-order valence-electron chi connectivity index (χ4n) is 2.46. The van der Waals surface area contributed by atoms with E-state index in [0.29, 0.717) is 17.3 Å². The molecule has 0 fully saturated rings. The largest absolute Gasteiger partial charge is 0.345 e. The molecule has 4 aromatic rings. The summed E-state index contributed by atoms with van der Waals surface area (Å²) in [6.07, 6.45) is 1.73. The predicted octanol–water partition coefficient (Wildman–Crippen LogP) is 3.49. The molecule has 3 heterocycles. The Hall–Kier alpha value is -3.39. The number of hydrogen-bond acceptors (Lipinski definition) is 7. The zero-order chi connectivity index (χ0) is 18.6. The first kappa shape index (κ1) is 17.0. The number of hydrogen-bond donors (Lipinski definition) is 1. The van der Waals surface area contributed by atoms with Crippen LogP contribution >= 0.6 is 11.3 Å². The molecule has 27 heavy (non-hydrogen) atoms. The van der Waals surface area contributed by atoms with Crippen molar-refractivity contribution in [1.82, 2.24) is 25.4 Å². The Labute approximate surface area is 159 Å². The maximum absolute atomic E-state index is 12.1. The van der Waals surface area contributed by atoms with Crippen LogP contribution in [0.15, 0.2) is 59.3 Å². The third-order valence-corrected chi connectivity index (χ3v) is 4.95. The molecule has 4 rings (SSSR count). The molecular weight excluding hydrogens is 362 g/mol. The van der Waals surface area contributed by atoms with Gasteiger partial charge in [0.1, 0.15) is 9.88 Å². The average molecular weight is 377 g/mol. The summed E-state index contributed by atoms with van der Waals surface area (Å²) in [5.74, 6) is 0.603. The molecule has 0 radical (unpaired) electrons. The number of carbonyl (C=O) groups is 1. The van der Waals surface area contributed by atoms with E-state index in [-0.39, 0.29) is 12.5 Å². The summed E-state index contributed by atoms with van der Waals surface area (Å²) in [4.78, 5) is 26.1. The van der Waals surface area contributed by atoms with Gasteiger partial charge in [0.05, 0.1) is 17.9 Å². The Morgan fingerprint density at radius 2 is 1.93 bits per heavy atom. The second kappa shape index (κ2) is 7.46. The van der Waals surface area contributed by atoms with Crippen molar-refractivity contribution in [2.45, 2.75) is 13.5 Å². The lowest BCUT2D eigenvalue weighted by molar-refractivity contribution is 0.0949. The number of nitrogens with zero attached hydrogens (tertiary/aromatic N) is 4. The molecule has 0 aliphatic rings. The molecule has 0 unspecified atom stereocenters. The summed E-state index contributed by atoms with van der Waals surface area (Å²) in [6, 6.07) is 14.7. The number of benzene rings is 1. The molecule has 0 atom stereocenters. The maximum Gasteiger partial charge on any atom is 0.270 e. The quantitative estimate of drug-likeness (QED) is 0.572. The highest BCUT2D eigenvalue weighted by atomic mass is 32.1. The van der Waals surface area contributed by atoms with Gasteiger partial charge < -0.3 is 9.84 Å². The SMILES string of the molecule is Cc1nc(-c2ccccn2)sc1-c1nc(CNC(=O)c2ccccc2)no1. The second-order valence-corrected chi connectivity index (χ2v) is 6.71. The van der Waals surface area contributed by atoms with Gasteiger partial charge >= 0.3 is 0 Å². The number of pyridine rings is 1. The average Bonchev–Trinajstić information content (AvgIpc) is 3.34. The van der Waals surface area contributed by atoms with E-state index in [2.05, 4.69) is 25.4 Å². The minimum absolute atomic E-state index is 0.183. The lowest BCUT2D eigenvalue weighted by atomic mass is 10.2. The fraction of sp³-hybridized carbons (Fsp3) is 0.105. The van der Waals surface area contributed by atoms with E-state index < -0.39 is 0 Å². The standard InChI is InChI=1S/C19H15N5O2S/c1-12-16(27-19(22-12)14-9-5-6-10-20-14)18-23-15(24-26-18)11-21-17(25)13-7-3-2-4-8-13/h2-10H,11H2,1H3,(H,21,25). The first-order chi connectivity index (χ1) is 13.2. The Kier molecular flexibility index (Phi) is 4.71. The van der Waals surface area contributed by atoms with Crippen LogP contribution < -0.4 is 5.32 Å². The van der Waals surface area contributed by atoms with Crippen LogP contribution in [0.5, 0.6) is 0 Å². The predicted molar refractivity (Wildman–Crippen MR) is 101 cm³/mol. The molecule has 3 aromatic heterocycles. The number of aromatic nitrogens is 4. The van der Waals surface area contributed by atoms with Crippen molar-refractivity contribution in [3.8, 4) is 21.5 Å². The molecule has 134 valence electrons. The van der Waals surface area contributed by atoms with Crippen LogP contribution in [-0.2, 0) is 6.54 Å². The van der Waals surface area contributed by atoms with Gasteiger partial charge in [0.15, 0.2) is 5.82 Å². The van der Waals surface area contributed by atoms with Crippen LogP contribution in [0.1, 0.15) is 21.9 Å². The van der Waals surface area contributed by atoms with Gasteiger partial charge in [-0.05, 0) is 31.2 Å². The van der Waals surface area contributed by atoms with E-state index in [9.17, 15) is 4.79 Å². The highest BCUT2D eigenvalue weighted by molar-refractivity contribution is 7.18. The van der Waals surface area contributed by atoms with Crippen LogP contribution in [0.25, 0.3) is 21.5 Å². The highest BCUT2D eigenvalue weighted by Gasteiger charge is 2.18. The molecule has 8 heteroatoms. The van der Waals surface area contributed by atoms with E-state index in [0.717, 1.165) is 21.3 Å². The third-order valence-electron chi connectivity index (χ3n) is 3.79. The van der Waals surface area contributed by atoms with Crippen LogP contribution in [0.2, 0.25) is 0 Å². The minimum atomic E-state index is -0.187. The van der Waals surface area contributed by atoms with Gasteiger partial charge in [-0.3, -0.25) is 9.78 Å². The topological polar surface area (TPSA) is 93.8 Å². The molecule has 0 aliphatic carbocycles. The first-order valence-corrected chi connectivity index (χ1v) is 9.07. The van der Waals surface area contributed by atoms with Gasteiger partial charge in [0.25, 0.3) is 11.8 Å². The molecule has 0 aliphatic heterocycles. The zero-order valence-corrected chi connectivity index (χ0v) is 15.2. The molecule has 1 aromatic carbocycles. The summed E-state index contributed by atoms with van der Waals surface area (Å²) in [5.41, 5.74) is 2.18. The lowest BCUT2D eigenvalue weighted by Crippen LogP contribution is -2.23. The summed E-state index contributed by atoms with van der Waals surface area (Å²) < 4.78 is 5.36. The Bertz CT molecular complexity index is 1060. The molecule has 0 saturated carbocycles. The molecule has 0 spiro atoms. The van der Waals surface area contributed by atoms with Gasteiger partial charge in [-0.1, -0.05) is 29.4 Å². The van der Waals surface area contributed by atoms with Crippen molar-refractivity contribution in [2.75, 3.05) is 0 Å². The number of carbonyl (C=O) groups excluding carboxylic acids is 1. The van der Waals surface area contributed by atoms with E-state index in [1.54, 1.807) is 18.3 Å². The minimum Gasteiger partial charge on any atom is -0.345 e. The Balaban J connectivity index is 1.48. The zero-order valence-electron chi connectivity index (χ0n) is 14.4. The van der Waals surface area contributed by atoms with E-state index in [4.69, 9.17) is 4.52 Å². The van der Waals surface area contributed by atoms with E-state index >= 15 is 0 Å². The number of rotatable bonds is 5. The normalized spacial score (nSPS) is 10.7. The van der Waals surface area contributed by atoms with Gasteiger partial charge in [-0.25, -0.2) is 4.98 Å². The van der Waals surface area contributed by atoms with Crippen molar-refractivity contribution in [3.63, 3.8) is 0 Å². The van der Waals surface area contributed by atoms with Gasteiger partial charge in [-0.2, -0.15) is 4.98 Å². The monoisotopic (exact) mass is 377 g/mol. The number of thiazole rings is 1. The summed E-state index contributed by atoms with van der Waals surface area (Å²) in [7, 11) is 0. The molecule has 1 amide bonds. The summed E-state index contributed by atoms with van der Waals surface area (Å²) in [5, 5.41) is 7.52. The summed E-state index contributed by atoms with van der Waals surface area (Å²) >= 11 is 1.44. The maximum atomic E-state index is 12.1. The second-order valence-electron chi connectivity index (χ2n) is 5.71. The number of aryl methyl sites for hydroxylation is 1. The number of amides is 1. The van der Waals surface area contributed by atoms with Gasteiger partial charge in [0, 0.05) is 11.8 Å². The summed E-state index contributed by atoms with van der Waals surface area (Å²) in [6.45, 7) is 2.07. The van der Waals surface area contributed by atoms with Crippen molar-refractivity contribution >= 4 is 17.2 Å².